The first-order valence-electron chi connectivity index (χ1n) is 12.1. The van der Waals surface area contributed by atoms with E-state index in [1.54, 1.807) is 0 Å². The van der Waals surface area contributed by atoms with Crippen LogP contribution in [0.5, 0.6) is 0 Å². The van der Waals surface area contributed by atoms with Gasteiger partial charge in [-0.2, -0.15) is 0 Å². The van der Waals surface area contributed by atoms with E-state index in [-0.39, 0.29) is 29.9 Å². The molecule has 1 amide bonds. The molecule has 0 spiro atoms. The molecule has 1 aliphatic heterocycles. The molecule has 182 valence electrons. The van der Waals surface area contributed by atoms with Crippen LogP contribution in [0.2, 0.25) is 0 Å². The Kier molecular flexibility index (Phi) is 9.80. The molecule has 7 heteroatoms. The van der Waals surface area contributed by atoms with Crippen LogP contribution in [0.25, 0.3) is 10.9 Å². The summed E-state index contributed by atoms with van der Waals surface area (Å²) in [5, 5.41) is 8.04. The predicted molar refractivity (Wildman–Crippen MR) is 151 cm³/mol. The molecule has 0 unspecified atom stereocenters. The minimum absolute atomic E-state index is 0. The maximum atomic E-state index is 12.7. The van der Waals surface area contributed by atoms with Crippen molar-refractivity contribution in [2.75, 3.05) is 26.2 Å². The van der Waals surface area contributed by atoms with Crippen LogP contribution in [0.1, 0.15) is 53.2 Å². The molecule has 0 aliphatic carbocycles. The van der Waals surface area contributed by atoms with Crippen molar-refractivity contribution in [3.8, 4) is 0 Å². The number of aryl methyl sites for hydroxylation is 1. The third kappa shape index (κ3) is 6.74. The minimum atomic E-state index is 0. The molecular weight excluding hydrogens is 537 g/mol. The summed E-state index contributed by atoms with van der Waals surface area (Å²) in [6.07, 6.45) is 6.46. The highest BCUT2D eigenvalue weighted by Gasteiger charge is 2.17. The van der Waals surface area contributed by atoms with Crippen LogP contribution in [0.4, 0.5) is 0 Å². The van der Waals surface area contributed by atoms with Crippen LogP contribution in [-0.2, 0) is 13.0 Å². The van der Waals surface area contributed by atoms with Crippen molar-refractivity contribution in [1.29, 1.82) is 0 Å². The third-order valence-corrected chi connectivity index (χ3v) is 6.22. The summed E-state index contributed by atoms with van der Waals surface area (Å²) in [7, 11) is 0. The lowest BCUT2D eigenvalue weighted by Crippen LogP contribution is -2.38. The lowest BCUT2D eigenvalue weighted by molar-refractivity contribution is 0.0724. The number of fused-ring (bicyclic) bond motifs is 1. The molecule has 3 N–H and O–H groups in total. The molecule has 2 aromatic carbocycles. The Morgan fingerprint density at radius 1 is 1.06 bits per heavy atom. The quantitative estimate of drug-likeness (QED) is 0.211. The van der Waals surface area contributed by atoms with Crippen LogP contribution in [0, 0.1) is 6.92 Å². The number of aliphatic imine (C=N–C) groups is 1. The zero-order chi connectivity index (χ0) is 23.0. The Hall–Kier alpha value is -2.55. The number of nitrogens with one attached hydrogen (secondary N) is 3. The fourth-order valence-corrected chi connectivity index (χ4v) is 4.37. The number of amides is 1. The number of aromatic nitrogens is 1. The van der Waals surface area contributed by atoms with Crippen molar-refractivity contribution < 1.29 is 4.79 Å². The zero-order valence-corrected chi connectivity index (χ0v) is 22.5. The third-order valence-electron chi connectivity index (χ3n) is 6.22. The van der Waals surface area contributed by atoms with Gasteiger partial charge in [-0.05, 0) is 74.4 Å². The van der Waals surface area contributed by atoms with Gasteiger partial charge in [-0.25, -0.2) is 4.99 Å². The summed E-state index contributed by atoms with van der Waals surface area (Å²) in [4.78, 5) is 22.7. The van der Waals surface area contributed by atoms with Gasteiger partial charge in [0.2, 0.25) is 0 Å². The smallest absolute Gasteiger partial charge is 0.253 e. The van der Waals surface area contributed by atoms with Gasteiger partial charge in [0, 0.05) is 48.8 Å². The molecule has 3 aromatic rings. The van der Waals surface area contributed by atoms with Crippen molar-refractivity contribution in [3.63, 3.8) is 0 Å². The zero-order valence-electron chi connectivity index (χ0n) is 20.2. The number of nitrogens with zero attached hydrogens (tertiary/aromatic N) is 2. The van der Waals surface area contributed by atoms with E-state index < -0.39 is 0 Å². The molecule has 1 fully saturated rings. The molecule has 0 saturated carbocycles. The standard InChI is InChI=1S/C27H35N5O.HI/c1-3-28-27(29-14-13-23-19-30-25-17-20(2)7-12-24(23)25)31-18-21-8-10-22(11-9-21)26(33)32-15-5-4-6-16-32;/h7-12,17,19,30H,3-6,13-16,18H2,1-2H3,(H2,28,29,31);1H. The largest absolute Gasteiger partial charge is 0.361 e. The number of carbonyl (C=O) groups is 1. The number of halogens is 1. The van der Waals surface area contributed by atoms with Gasteiger partial charge >= 0.3 is 0 Å². The highest BCUT2D eigenvalue weighted by molar-refractivity contribution is 14.0. The molecule has 1 saturated heterocycles. The number of aromatic amines is 1. The monoisotopic (exact) mass is 573 g/mol. The number of rotatable bonds is 7. The van der Waals surface area contributed by atoms with Crippen molar-refractivity contribution >= 4 is 46.7 Å². The highest BCUT2D eigenvalue weighted by atomic mass is 127. The first-order chi connectivity index (χ1) is 16.1. The van der Waals surface area contributed by atoms with E-state index in [4.69, 9.17) is 4.99 Å². The van der Waals surface area contributed by atoms with Crippen molar-refractivity contribution in [2.45, 2.75) is 46.1 Å². The molecule has 0 bridgehead atoms. The van der Waals surface area contributed by atoms with Gasteiger partial charge in [0.25, 0.3) is 5.91 Å². The Morgan fingerprint density at radius 2 is 1.82 bits per heavy atom. The Bertz CT molecular complexity index is 1100. The first kappa shape index (κ1) is 26.1. The van der Waals surface area contributed by atoms with Gasteiger partial charge in [0.1, 0.15) is 0 Å². The van der Waals surface area contributed by atoms with E-state index in [0.29, 0.717) is 6.54 Å². The van der Waals surface area contributed by atoms with E-state index in [9.17, 15) is 4.79 Å². The Labute approximate surface area is 219 Å². The van der Waals surface area contributed by atoms with Gasteiger partial charge in [0.05, 0.1) is 6.54 Å². The predicted octanol–water partition coefficient (Wildman–Crippen LogP) is 5.02. The Morgan fingerprint density at radius 3 is 2.56 bits per heavy atom. The molecule has 2 heterocycles. The maximum Gasteiger partial charge on any atom is 0.253 e. The molecule has 4 rings (SSSR count). The summed E-state index contributed by atoms with van der Waals surface area (Å²) in [6, 6.07) is 14.4. The number of H-pyrrole nitrogens is 1. The second-order valence-electron chi connectivity index (χ2n) is 8.78. The number of benzene rings is 2. The molecule has 0 radical (unpaired) electrons. The highest BCUT2D eigenvalue weighted by Crippen LogP contribution is 2.19. The number of piperidine rings is 1. The molecular formula is C27H36IN5O. The van der Waals surface area contributed by atoms with Crippen molar-refractivity contribution in [1.82, 2.24) is 20.5 Å². The second-order valence-corrected chi connectivity index (χ2v) is 8.78. The van der Waals surface area contributed by atoms with Gasteiger partial charge in [-0.1, -0.05) is 24.3 Å². The minimum Gasteiger partial charge on any atom is -0.361 e. The average molecular weight is 574 g/mol. The fourth-order valence-electron chi connectivity index (χ4n) is 4.37. The van der Waals surface area contributed by atoms with E-state index in [1.807, 2.05) is 29.2 Å². The van der Waals surface area contributed by atoms with Gasteiger partial charge in [0.15, 0.2) is 5.96 Å². The summed E-state index contributed by atoms with van der Waals surface area (Å²) in [5.41, 5.74) is 5.62. The summed E-state index contributed by atoms with van der Waals surface area (Å²) in [5.74, 6) is 0.953. The number of guanidine groups is 1. The van der Waals surface area contributed by atoms with Crippen molar-refractivity contribution in [2.24, 2.45) is 4.99 Å². The van der Waals surface area contributed by atoms with Crippen molar-refractivity contribution in [3.05, 3.63) is 70.9 Å². The van der Waals surface area contributed by atoms with E-state index >= 15 is 0 Å². The SMILES string of the molecule is CCNC(=NCc1ccc(C(=O)N2CCCCC2)cc1)NCCc1c[nH]c2cc(C)ccc12.I. The number of likely N-dealkylation sites (tertiary alicyclic amines) is 1. The number of hydrogen-bond acceptors (Lipinski definition) is 2. The van der Waals surface area contributed by atoms with Gasteiger partial charge in [-0.3, -0.25) is 4.79 Å². The summed E-state index contributed by atoms with van der Waals surface area (Å²) >= 11 is 0. The molecule has 1 aromatic heterocycles. The van der Waals surface area contributed by atoms with E-state index in [2.05, 4.69) is 53.9 Å². The van der Waals surface area contributed by atoms with Crippen LogP contribution in [0.15, 0.2) is 53.7 Å². The van der Waals surface area contributed by atoms with E-state index in [0.717, 1.165) is 62.5 Å². The maximum absolute atomic E-state index is 12.7. The Balaban J connectivity index is 0.00000324. The average Bonchev–Trinajstić information content (AvgIpc) is 3.25. The molecule has 34 heavy (non-hydrogen) atoms. The number of hydrogen-bond donors (Lipinski definition) is 3. The topological polar surface area (TPSA) is 72.5 Å². The summed E-state index contributed by atoms with van der Waals surface area (Å²) in [6.45, 7) is 8.11. The lowest BCUT2D eigenvalue weighted by Gasteiger charge is -2.26. The molecule has 0 atom stereocenters. The van der Waals surface area contributed by atoms with Gasteiger partial charge < -0.3 is 20.5 Å². The van der Waals surface area contributed by atoms with Crippen LogP contribution in [0.3, 0.4) is 0 Å². The normalized spacial score (nSPS) is 14.1. The molecule has 1 aliphatic rings. The first-order valence-corrected chi connectivity index (χ1v) is 12.1. The fraction of sp³-hybridized carbons (Fsp3) is 0.407. The number of carbonyl (C=O) groups excluding carboxylic acids is 1. The summed E-state index contributed by atoms with van der Waals surface area (Å²) < 4.78 is 0. The van der Waals surface area contributed by atoms with Crippen LogP contribution in [-0.4, -0.2) is 47.9 Å². The van der Waals surface area contributed by atoms with E-state index in [1.165, 1.54) is 28.5 Å². The molecule has 6 nitrogen and oxygen atoms in total. The van der Waals surface area contributed by atoms with Crippen LogP contribution < -0.4 is 10.6 Å². The van der Waals surface area contributed by atoms with Crippen LogP contribution >= 0.6 is 24.0 Å². The lowest BCUT2D eigenvalue weighted by atomic mass is 10.1. The van der Waals surface area contributed by atoms with Gasteiger partial charge in [-0.15, -0.1) is 24.0 Å². The second kappa shape index (κ2) is 12.8.